The highest BCUT2D eigenvalue weighted by Crippen LogP contribution is 2.19. The number of nitrogens with zero attached hydrogens (tertiary/aromatic N) is 1. The molecule has 0 fully saturated rings. The number of rotatable bonds is 2. The SMILES string of the molecule is CC[N+](O)(C(=O)O)c1ccccc1. The van der Waals surface area contributed by atoms with E-state index in [4.69, 9.17) is 5.11 Å². The van der Waals surface area contributed by atoms with Crippen LogP contribution in [-0.2, 0) is 0 Å². The lowest BCUT2D eigenvalue weighted by atomic mass is 10.3. The van der Waals surface area contributed by atoms with Crippen molar-refractivity contribution >= 4 is 11.8 Å². The Morgan fingerprint density at radius 3 is 2.31 bits per heavy atom. The number of hydroxylamine groups is 2. The van der Waals surface area contributed by atoms with Gasteiger partial charge in [-0.25, -0.2) is 5.21 Å². The lowest BCUT2D eigenvalue weighted by molar-refractivity contribution is -0.0513. The Labute approximate surface area is 76.2 Å². The van der Waals surface area contributed by atoms with Gasteiger partial charge in [-0.05, 0) is 6.92 Å². The van der Waals surface area contributed by atoms with E-state index in [9.17, 15) is 10.0 Å². The van der Waals surface area contributed by atoms with Crippen molar-refractivity contribution in [1.29, 1.82) is 0 Å². The average Bonchev–Trinajstić information content (AvgIpc) is 2.17. The zero-order valence-electron chi connectivity index (χ0n) is 7.34. The van der Waals surface area contributed by atoms with Crippen LogP contribution in [0.1, 0.15) is 6.92 Å². The molecule has 0 saturated carbocycles. The molecule has 1 aromatic carbocycles. The topological polar surface area (TPSA) is 57.5 Å². The summed E-state index contributed by atoms with van der Waals surface area (Å²) in [6.45, 7) is 1.71. The van der Waals surface area contributed by atoms with Crippen molar-refractivity contribution < 1.29 is 15.1 Å². The Morgan fingerprint density at radius 2 is 1.92 bits per heavy atom. The van der Waals surface area contributed by atoms with Crippen LogP contribution in [-0.4, -0.2) is 23.0 Å². The second-order valence-corrected chi connectivity index (χ2v) is 2.70. The first-order chi connectivity index (χ1) is 6.11. The van der Waals surface area contributed by atoms with Gasteiger partial charge in [-0.3, -0.25) is 0 Å². The Hall–Kier alpha value is -1.39. The molecule has 4 nitrogen and oxygen atoms in total. The van der Waals surface area contributed by atoms with Gasteiger partial charge >= 0.3 is 6.09 Å². The number of hydrogen-bond donors (Lipinski definition) is 2. The first kappa shape index (κ1) is 9.70. The van der Waals surface area contributed by atoms with Crippen molar-refractivity contribution in [3.63, 3.8) is 0 Å². The summed E-state index contributed by atoms with van der Waals surface area (Å²) in [5.41, 5.74) is 0.359. The number of carbonyl (C=O) groups is 1. The predicted octanol–water partition coefficient (Wildman–Crippen LogP) is 2.08. The summed E-state index contributed by atoms with van der Waals surface area (Å²) in [4.78, 5) is 10.8. The minimum Gasteiger partial charge on any atom is -0.433 e. The maximum Gasteiger partial charge on any atom is 0.552 e. The smallest absolute Gasteiger partial charge is 0.433 e. The Balaban J connectivity index is 3.11. The molecule has 1 aromatic rings. The van der Waals surface area contributed by atoms with E-state index in [0.29, 0.717) is 5.69 Å². The molecule has 1 rings (SSSR count). The van der Waals surface area contributed by atoms with Gasteiger partial charge in [0.15, 0.2) is 5.69 Å². The van der Waals surface area contributed by atoms with E-state index in [1.165, 1.54) is 0 Å². The largest absolute Gasteiger partial charge is 0.552 e. The minimum absolute atomic E-state index is 0.0966. The summed E-state index contributed by atoms with van der Waals surface area (Å²) in [5, 5.41) is 18.5. The molecule has 13 heavy (non-hydrogen) atoms. The van der Waals surface area contributed by atoms with E-state index in [1.807, 2.05) is 0 Å². The van der Waals surface area contributed by atoms with Crippen LogP contribution in [0.25, 0.3) is 0 Å². The molecule has 0 aliphatic rings. The second kappa shape index (κ2) is 3.55. The molecule has 0 spiro atoms. The van der Waals surface area contributed by atoms with Crippen LogP contribution in [0.3, 0.4) is 0 Å². The summed E-state index contributed by atoms with van der Waals surface area (Å²) < 4.78 is -1.07. The van der Waals surface area contributed by atoms with Crippen molar-refractivity contribution in [2.24, 2.45) is 0 Å². The maximum atomic E-state index is 10.8. The second-order valence-electron chi connectivity index (χ2n) is 2.70. The van der Waals surface area contributed by atoms with Crippen LogP contribution in [0.5, 0.6) is 0 Å². The van der Waals surface area contributed by atoms with Crippen molar-refractivity contribution in [1.82, 2.24) is 4.65 Å². The Kier molecular flexibility index (Phi) is 2.65. The third-order valence-corrected chi connectivity index (χ3v) is 1.96. The van der Waals surface area contributed by atoms with Gasteiger partial charge in [0.2, 0.25) is 0 Å². The van der Waals surface area contributed by atoms with Crippen LogP contribution in [0.4, 0.5) is 10.5 Å². The lowest BCUT2D eigenvalue weighted by Crippen LogP contribution is -2.50. The molecule has 0 aromatic heterocycles. The highest BCUT2D eigenvalue weighted by molar-refractivity contribution is 5.78. The molecule has 0 aliphatic heterocycles. The summed E-state index contributed by atoms with van der Waals surface area (Å²) in [7, 11) is 0. The van der Waals surface area contributed by atoms with E-state index in [1.54, 1.807) is 37.3 Å². The van der Waals surface area contributed by atoms with Crippen LogP contribution >= 0.6 is 0 Å². The molecule has 2 N–H and O–H groups in total. The van der Waals surface area contributed by atoms with Crippen LogP contribution < -0.4 is 4.65 Å². The summed E-state index contributed by atoms with van der Waals surface area (Å²) in [6, 6.07) is 8.31. The average molecular weight is 182 g/mol. The Morgan fingerprint density at radius 1 is 1.38 bits per heavy atom. The third-order valence-electron chi connectivity index (χ3n) is 1.96. The normalized spacial score (nSPS) is 14.9. The molecule has 4 heteroatoms. The van der Waals surface area contributed by atoms with Gasteiger partial charge in [0.25, 0.3) is 0 Å². The zero-order chi connectivity index (χ0) is 9.90. The molecule has 1 amide bonds. The van der Waals surface area contributed by atoms with Crippen molar-refractivity contribution in [3.8, 4) is 0 Å². The maximum absolute atomic E-state index is 10.8. The molecule has 0 bridgehead atoms. The van der Waals surface area contributed by atoms with Crippen molar-refractivity contribution in [3.05, 3.63) is 30.3 Å². The molecular formula is C9H12NO3+. The number of para-hydroxylation sites is 1. The standard InChI is InChI=1S/C9H11NO3/c1-2-10(13,9(11)12)8-6-4-3-5-7-8/h3-7,13H,2H2,1H3/p+1. The molecule has 0 saturated heterocycles. The number of benzene rings is 1. The Bertz CT molecular complexity index is 299. The fourth-order valence-electron chi connectivity index (χ4n) is 1.10. The summed E-state index contributed by atoms with van der Waals surface area (Å²) in [5.74, 6) is 0. The number of quaternary nitrogens is 1. The van der Waals surface area contributed by atoms with E-state index < -0.39 is 10.7 Å². The summed E-state index contributed by atoms with van der Waals surface area (Å²) in [6.07, 6.45) is -1.27. The minimum atomic E-state index is -1.27. The molecule has 0 radical (unpaired) electrons. The van der Waals surface area contributed by atoms with E-state index >= 15 is 0 Å². The lowest BCUT2D eigenvalue weighted by Gasteiger charge is -2.21. The fourth-order valence-corrected chi connectivity index (χ4v) is 1.10. The van der Waals surface area contributed by atoms with E-state index in [0.717, 1.165) is 0 Å². The quantitative estimate of drug-likeness (QED) is 0.418. The highest BCUT2D eigenvalue weighted by Gasteiger charge is 2.36. The first-order valence-electron chi connectivity index (χ1n) is 4.01. The van der Waals surface area contributed by atoms with Crippen LogP contribution in [0.15, 0.2) is 30.3 Å². The fraction of sp³-hybridized carbons (Fsp3) is 0.222. The number of carboxylic acid groups (broad SMARTS) is 1. The van der Waals surface area contributed by atoms with Crippen molar-refractivity contribution in [2.45, 2.75) is 6.92 Å². The molecule has 0 heterocycles. The van der Waals surface area contributed by atoms with Crippen LogP contribution in [0.2, 0.25) is 0 Å². The number of hydrogen-bond acceptors (Lipinski definition) is 2. The molecule has 0 aliphatic carbocycles. The van der Waals surface area contributed by atoms with E-state index in [-0.39, 0.29) is 6.54 Å². The summed E-state index contributed by atoms with van der Waals surface area (Å²) >= 11 is 0. The van der Waals surface area contributed by atoms with Gasteiger partial charge in [-0.2, -0.15) is 4.79 Å². The molecular weight excluding hydrogens is 170 g/mol. The third kappa shape index (κ3) is 1.68. The predicted molar refractivity (Wildman–Crippen MR) is 48.6 cm³/mol. The van der Waals surface area contributed by atoms with Gasteiger partial charge in [-0.1, -0.05) is 22.8 Å². The first-order valence-corrected chi connectivity index (χ1v) is 4.01. The van der Waals surface area contributed by atoms with Gasteiger partial charge in [0.05, 0.1) is 0 Å². The van der Waals surface area contributed by atoms with Gasteiger partial charge in [0.1, 0.15) is 6.54 Å². The van der Waals surface area contributed by atoms with Gasteiger partial charge < -0.3 is 5.11 Å². The zero-order valence-corrected chi connectivity index (χ0v) is 7.34. The number of amides is 1. The van der Waals surface area contributed by atoms with Crippen molar-refractivity contribution in [2.75, 3.05) is 6.54 Å². The monoisotopic (exact) mass is 182 g/mol. The van der Waals surface area contributed by atoms with Gasteiger partial charge in [0, 0.05) is 12.1 Å². The van der Waals surface area contributed by atoms with Gasteiger partial charge in [-0.15, -0.1) is 0 Å². The van der Waals surface area contributed by atoms with Crippen LogP contribution in [0, 0.1) is 0 Å². The molecule has 1 unspecified atom stereocenters. The molecule has 70 valence electrons. The molecule has 1 atom stereocenters. The highest BCUT2D eigenvalue weighted by atomic mass is 16.6. The van der Waals surface area contributed by atoms with E-state index in [2.05, 4.69) is 0 Å².